The van der Waals surface area contributed by atoms with Gasteiger partial charge in [0.15, 0.2) is 0 Å². The highest BCUT2D eigenvalue weighted by atomic mass is 31.2. The van der Waals surface area contributed by atoms with Gasteiger partial charge >= 0.3 is 0 Å². The van der Waals surface area contributed by atoms with E-state index in [2.05, 4.69) is 100 Å². The summed E-state index contributed by atoms with van der Waals surface area (Å²) >= 11 is 0. The Labute approximate surface area is 234 Å². The number of amides is 2. The molecule has 204 valence electrons. The molecule has 39 heavy (non-hydrogen) atoms. The quantitative estimate of drug-likeness (QED) is 0.225. The Bertz CT molecular complexity index is 1280. The molecule has 2 bridgehead atoms. The monoisotopic (exact) mass is 539 g/mol. The second-order valence-electron chi connectivity index (χ2n) is 12.0. The topological polar surface area (TPSA) is 37.4 Å². The first-order valence-electron chi connectivity index (χ1n) is 14.6. The minimum Gasteiger partial charge on any atom is -0.275 e. The van der Waals surface area contributed by atoms with E-state index in [-0.39, 0.29) is 23.3 Å². The van der Waals surface area contributed by atoms with Crippen LogP contribution in [0, 0.1) is 10.8 Å². The van der Waals surface area contributed by atoms with Gasteiger partial charge in [0.1, 0.15) is 0 Å². The average molecular weight is 540 g/mol. The molecule has 3 aromatic rings. The van der Waals surface area contributed by atoms with Crippen LogP contribution in [0.25, 0.3) is 0 Å². The SMILES string of the molecule is CCCCCCC(C(=O)N1C(=O)[C@]2(C)CC[C@H]1C2(C)C)=P(c1ccccc1)(c1ccccc1)c1ccccc1. The van der Waals surface area contributed by atoms with Crippen molar-refractivity contribution in [1.82, 2.24) is 4.90 Å². The zero-order chi connectivity index (χ0) is 27.7. The lowest BCUT2D eigenvalue weighted by Crippen LogP contribution is -2.49. The van der Waals surface area contributed by atoms with Crippen LogP contribution < -0.4 is 15.9 Å². The van der Waals surface area contributed by atoms with Gasteiger partial charge in [0, 0.05) is 11.3 Å². The van der Waals surface area contributed by atoms with E-state index in [1.165, 1.54) is 15.9 Å². The Morgan fingerprint density at radius 1 is 0.795 bits per heavy atom. The summed E-state index contributed by atoms with van der Waals surface area (Å²) < 4.78 is 0. The smallest absolute Gasteiger partial charge is 0.257 e. The zero-order valence-electron chi connectivity index (χ0n) is 23.9. The van der Waals surface area contributed by atoms with E-state index in [1.54, 1.807) is 4.90 Å². The lowest BCUT2D eigenvalue weighted by atomic mass is 9.70. The number of piperidine rings is 1. The predicted octanol–water partition coefficient (Wildman–Crippen LogP) is 6.69. The van der Waals surface area contributed by atoms with Crippen molar-refractivity contribution in [3.63, 3.8) is 0 Å². The van der Waals surface area contributed by atoms with Crippen LogP contribution in [0.3, 0.4) is 0 Å². The van der Waals surface area contributed by atoms with Crippen molar-refractivity contribution in [2.75, 3.05) is 0 Å². The molecule has 2 aliphatic rings. The molecule has 1 aliphatic carbocycles. The molecule has 1 saturated heterocycles. The molecular formula is C35H42NO2P. The molecule has 5 rings (SSSR count). The number of fused-ring (bicyclic) bond motifs is 2. The summed E-state index contributed by atoms with van der Waals surface area (Å²) in [6.07, 6.45) is 6.73. The number of benzene rings is 3. The van der Waals surface area contributed by atoms with Gasteiger partial charge in [-0.05, 0) is 53.9 Å². The minimum absolute atomic E-state index is 0.0205. The van der Waals surface area contributed by atoms with Crippen molar-refractivity contribution in [2.24, 2.45) is 10.8 Å². The number of unbranched alkanes of at least 4 members (excludes halogenated alkanes) is 3. The van der Waals surface area contributed by atoms with Crippen LogP contribution in [-0.4, -0.2) is 28.0 Å². The minimum atomic E-state index is -2.56. The maximum Gasteiger partial charge on any atom is 0.257 e. The van der Waals surface area contributed by atoms with Gasteiger partial charge in [-0.3, -0.25) is 14.5 Å². The second kappa shape index (κ2) is 10.9. The van der Waals surface area contributed by atoms with Crippen molar-refractivity contribution < 1.29 is 9.59 Å². The molecule has 1 aliphatic heterocycles. The summed E-state index contributed by atoms with van der Waals surface area (Å²) in [5, 5.41) is 4.43. The Hall–Kier alpha value is -2.90. The number of rotatable bonds is 9. The van der Waals surface area contributed by atoms with Crippen LogP contribution >= 0.6 is 6.89 Å². The van der Waals surface area contributed by atoms with Gasteiger partial charge in [0.25, 0.3) is 5.91 Å². The standard InChI is InChI=1S/C35H42NO2P/c1-5-6-7-17-24-30(32(37)36-31-25-26-35(4,33(36)38)34(31,2)3)39(27-18-11-8-12-19-27,28-20-13-9-14-21-28)29-22-15-10-16-23-29/h8-16,18-23,31H,5-7,17,24-26H2,1-4H3/t31-,35-/m0/s1. The highest BCUT2D eigenvalue weighted by molar-refractivity contribution is 7.96. The molecular weight excluding hydrogens is 497 g/mol. The van der Waals surface area contributed by atoms with E-state index < -0.39 is 12.3 Å². The predicted molar refractivity (Wildman–Crippen MR) is 166 cm³/mol. The van der Waals surface area contributed by atoms with Crippen LogP contribution in [0.15, 0.2) is 91.0 Å². The molecule has 3 aromatic carbocycles. The van der Waals surface area contributed by atoms with Crippen LogP contribution in [0.5, 0.6) is 0 Å². The Balaban J connectivity index is 1.85. The third-order valence-corrected chi connectivity index (χ3v) is 14.2. The Morgan fingerprint density at radius 2 is 1.28 bits per heavy atom. The van der Waals surface area contributed by atoms with Gasteiger partial charge in [-0.25, -0.2) is 0 Å². The van der Waals surface area contributed by atoms with Gasteiger partial charge in [0.2, 0.25) is 5.91 Å². The van der Waals surface area contributed by atoms with Crippen LogP contribution in [-0.2, 0) is 9.59 Å². The molecule has 3 nitrogen and oxygen atoms in total. The molecule has 1 saturated carbocycles. The van der Waals surface area contributed by atoms with Crippen molar-refractivity contribution in [3.05, 3.63) is 91.0 Å². The molecule has 2 atom stereocenters. The fourth-order valence-electron chi connectivity index (χ4n) is 7.10. The number of imide groups is 1. The number of hydrogen-bond acceptors (Lipinski definition) is 2. The van der Waals surface area contributed by atoms with Gasteiger partial charge in [-0.2, -0.15) is 0 Å². The molecule has 1 heterocycles. The van der Waals surface area contributed by atoms with E-state index in [0.717, 1.165) is 43.8 Å². The summed E-state index contributed by atoms with van der Waals surface area (Å²) in [5.74, 6) is -0.0185. The van der Waals surface area contributed by atoms with Crippen LogP contribution in [0.4, 0.5) is 0 Å². The summed E-state index contributed by atoms with van der Waals surface area (Å²) in [7, 11) is 0. The van der Waals surface area contributed by atoms with Gasteiger partial charge in [0.05, 0.1) is 5.41 Å². The number of nitrogens with zero attached hydrogens (tertiary/aromatic N) is 1. The molecule has 0 unspecified atom stereocenters. The number of likely N-dealkylation sites (tertiary alicyclic amines) is 1. The molecule has 2 amide bonds. The first-order chi connectivity index (χ1) is 18.8. The number of carbonyl (C=O) groups is 2. The summed E-state index contributed by atoms with van der Waals surface area (Å²) in [6.45, 7) is 6.11. The van der Waals surface area contributed by atoms with Crippen molar-refractivity contribution in [1.29, 1.82) is 0 Å². The third-order valence-electron chi connectivity index (χ3n) is 9.74. The first-order valence-corrected chi connectivity index (χ1v) is 16.4. The molecule has 2 fully saturated rings. The van der Waals surface area contributed by atoms with Crippen LogP contribution in [0.1, 0.15) is 72.6 Å². The zero-order valence-corrected chi connectivity index (χ0v) is 24.8. The molecule has 0 spiro atoms. The number of carbonyl (C=O) groups excluding carboxylic acids is 2. The largest absolute Gasteiger partial charge is 0.275 e. The molecule has 4 heteroatoms. The molecule has 0 aromatic heterocycles. The van der Waals surface area contributed by atoms with Gasteiger partial charge in [-0.15, -0.1) is 0 Å². The Morgan fingerprint density at radius 3 is 1.69 bits per heavy atom. The summed E-state index contributed by atoms with van der Waals surface area (Å²) in [5.41, 5.74) is -0.728. The van der Waals surface area contributed by atoms with Crippen LogP contribution in [0.2, 0.25) is 0 Å². The second-order valence-corrected chi connectivity index (χ2v) is 15.5. The van der Waals surface area contributed by atoms with E-state index in [1.807, 2.05) is 18.2 Å². The third kappa shape index (κ3) is 4.34. The first kappa shape index (κ1) is 27.7. The van der Waals surface area contributed by atoms with Crippen molar-refractivity contribution >= 4 is 39.9 Å². The van der Waals surface area contributed by atoms with E-state index >= 15 is 4.79 Å². The van der Waals surface area contributed by atoms with Crippen molar-refractivity contribution in [2.45, 2.75) is 78.7 Å². The summed E-state index contributed by atoms with van der Waals surface area (Å²) in [4.78, 5) is 30.9. The lowest BCUT2D eigenvalue weighted by Gasteiger charge is -2.36. The average Bonchev–Trinajstić information content (AvgIpc) is 3.28. The van der Waals surface area contributed by atoms with Gasteiger partial charge in [-0.1, -0.05) is 138 Å². The highest BCUT2D eigenvalue weighted by Crippen LogP contribution is 2.61. The summed E-state index contributed by atoms with van der Waals surface area (Å²) in [6, 6.07) is 31.7. The van der Waals surface area contributed by atoms with E-state index in [0.29, 0.717) is 6.42 Å². The van der Waals surface area contributed by atoms with Crippen molar-refractivity contribution in [3.8, 4) is 0 Å². The fraction of sp³-hybridized carbons (Fsp3) is 0.400. The maximum absolute atomic E-state index is 15.1. The molecule has 0 radical (unpaired) electrons. The van der Waals surface area contributed by atoms with E-state index in [9.17, 15) is 4.79 Å². The lowest BCUT2D eigenvalue weighted by molar-refractivity contribution is -0.146. The molecule has 0 N–H and O–H groups in total. The highest BCUT2D eigenvalue weighted by Gasteiger charge is 2.67. The van der Waals surface area contributed by atoms with E-state index in [4.69, 9.17) is 0 Å². The normalized spacial score (nSPS) is 21.8. The Kier molecular flexibility index (Phi) is 7.75. The maximum atomic E-state index is 15.1. The fourth-order valence-corrected chi connectivity index (χ4v) is 11.7. The number of hydrogen-bond donors (Lipinski definition) is 0. The van der Waals surface area contributed by atoms with Gasteiger partial charge < -0.3 is 0 Å².